The predicted octanol–water partition coefficient (Wildman–Crippen LogP) is 5.35. The molecule has 0 unspecified atom stereocenters. The second-order valence-electron chi connectivity index (χ2n) is 7.76. The summed E-state index contributed by atoms with van der Waals surface area (Å²) in [6.07, 6.45) is 4.26. The van der Waals surface area contributed by atoms with Gasteiger partial charge in [0.25, 0.3) is 0 Å². The van der Waals surface area contributed by atoms with E-state index in [0.717, 1.165) is 29.4 Å². The number of carbonyl (C=O) groups is 1. The summed E-state index contributed by atoms with van der Waals surface area (Å²) < 4.78 is 30.5. The van der Waals surface area contributed by atoms with E-state index in [-0.39, 0.29) is 12.2 Å². The largest absolute Gasteiger partial charge is 0.489 e. The summed E-state index contributed by atoms with van der Waals surface area (Å²) >= 11 is 0. The Labute approximate surface area is 180 Å². The number of esters is 1. The van der Waals surface area contributed by atoms with Crippen LogP contribution in [-0.4, -0.2) is 24.7 Å². The first kappa shape index (κ1) is 20.8. The van der Waals surface area contributed by atoms with Gasteiger partial charge in [0.1, 0.15) is 18.2 Å². The van der Waals surface area contributed by atoms with Crippen LogP contribution in [0.5, 0.6) is 11.6 Å². The fourth-order valence-corrected chi connectivity index (χ4v) is 3.19. The molecule has 0 atom stereocenters. The third kappa shape index (κ3) is 5.40. The van der Waals surface area contributed by atoms with Crippen molar-refractivity contribution in [3.63, 3.8) is 0 Å². The quantitative estimate of drug-likeness (QED) is 0.459. The summed E-state index contributed by atoms with van der Waals surface area (Å²) in [5.74, 6) is 0.847. The van der Waals surface area contributed by atoms with Crippen LogP contribution in [-0.2, 0) is 11.3 Å². The van der Waals surface area contributed by atoms with Gasteiger partial charge in [-0.3, -0.25) is 0 Å². The molecule has 31 heavy (non-hydrogen) atoms. The summed E-state index contributed by atoms with van der Waals surface area (Å²) in [6.45, 7) is 2.75. The van der Waals surface area contributed by atoms with E-state index in [4.69, 9.17) is 9.47 Å². The molecule has 0 amide bonds. The van der Waals surface area contributed by atoms with Crippen molar-refractivity contribution in [3.8, 4) is 22.8 Å². The first-order valence-corrected chi connectivity index (χ1v) is 10.2. The van der Waals surface area contributed by atoms with Crippen molar-refractivity contribution in [2.75, 3.05) is 13.7 Å². The highest BCUT2D eigenvalue weighted by Crippen LogP contribution is 2.30. The Kier molecular flexibility index (Phi) is 6.16. The van der Waals surface area contributed by atoms with Crippen LogP contribution >= 0.6 is 0 Å². The fourth-order valence-electron chi connectivity index (χ4n) is 3.19. The number of carbonyl (C=O) groups excluding carboxylic acids is 1. The van der Waals surface area contributed by atoms with Gasteiger partial charge in [-0.1, -0.05) is 12.1 Å². The highest BCUT2D eigenvalue weighted by molar-refractivity contribution is 5.89. The second-order valence-corrected chi connectivity index (χ2v) is 7.76. The molecular weight excluding hydrogens is 397 g/mol. The van der Waals surface area contributed by atoms with Gasteiger partial charge in [-0.05, 0) is 67.1 Å². The molecule has 4 rings (SSSR count). The molecule has 0 radical (unpaired) electrons. The summed E-state index contributed by atoms with van der Waals surface area (Å²) in [5, 5.41) is 0. The molecule has 5 nitrogen and oxygen atoms in total. The van der Waals surface area contributed by atoms with Crippen LogP contribution in [0.15, 0.2) is 54.7 Å². The molecular formula is C25H24FNO4. The van der Waals surface area contributed by atoms with Gasteiger partial charge in [-0.25, -0.2) is 14.2 Å². The molecule has 1 fully saturated rings. The number of aryl methyl sites for hydroxylation is 1. The van der Waals surface area contributed by atoms with Crippen molar-refractivity contribution in [3.05, 3.63) is 77.2 Å². The third-order valence-corrected chi connectivity index (χ3v) is 5.15. The maximum absolute atomic E-state index is 14.3. The van der Waals surface area contributed by atoms with Crippen LogP contribution in [0.3, 0.4) is 0 Å². The summed E-state index contributed by atoms with van der Waals surface area (Å²) in [4.78, 5) is 15.9. The van der Waals surface area contributed by atoms with Crippen molar-refractivity contribution < 1.29 is 23.4 Å². The zero-order valence-corrected chi connectivity index (χ0v) is 17.6. The first-order chi connectivity index (χ1) is 15.0. The van der Waals surface area contributed by atoms with Gasteiger partial charge in [0.05, 0.1) is 19.3 Å². The number of hydrogen-bond donors (Lipinski definition) is 0. The number of benzene rings is 2. The lowest BCUT2D eigenvalue weighted by atomic mass is 10.0. The molecule has 0 bridgehead atoms. The molecule has 0 saturated heterocycles. The summed E-state index contributed by atoms with van der Waals surface area (Å²) in [5.41, 5.74) is 3.44. The highest BCUT2D eigenvalue weighted by atomic mass is 19.1. The Morgan fingerprint density at radius 1 is 1.06 bits per heavy atom. The molecule has 1 aliphatic rings. The fraction of sp³-hybridized carbons (Fsp3) is 0.280. The number of nitrogens with zero attached hydrogens (tertiary/aromatic N) is 1. The van der Waals surface area contributed by atoms with Crippen LogP contribution in [0.4, 0.5) is 4.39 Å². The average Bonchev–Trinajstić information content (AvgIpc) is 3.61. The minimum absolute atomic E-state index is 0.0440. The van der Waals surface area contributed by atoms with E-state index in [9.17, 15) is 9.18 Å². The van der Waals surface area contributed by atoms with Crippen molar-refractivity contribution >= 4 is 5.97 Å². The van der Waals surface area contributed by atoms with Crippen LogP contribution in [0.25, 0.3) is 11.1 Å². The monoisotopic (exact) mass is 421 g/mol. The number of pyridine rings is 1. The van der Waals surface area contributed by atoms with E-state index in [1.807, 2.05) is 37.3 Å². The Balaban J connectivity index is 1.44. The zero-order valence-electron chi connectivity index (χ0n) is 17.6. The minimum atomic E-state index is -0.577. The van der Waals surface area contributed by atoms with E-state index in [1.165, 1.54) is 32.1 Å². The van der Waals surface area contributed by atoms with Gasteiger partial charge < -0.3 is 14.2 Å². The highest BCUT2D eigenvalue weighted by Gasteiger charge is 2.22. The second kappa shape index (κ2) is 9.16. The Bertz CT molecular complexity index is 1080. The maximum Gasteiger partial charge on any atom is 0.337 e. The van der Waals surface area contributed by atoms with Crippen molar-refractivity contribution in [2.24, 2.45) is 5.92 Å². The Morgan fingerprint density at radius 2 is 1.90 bits per heavy atom. The molecule has 2 aromatic carbocycles. The molecule has 1 heterocycles. The standard InChI is InChI=1S/C25H24FNO4/c1-16-9-21(19-7-8-24(27-13-19)31-14-17-3-4-17)11-22(10-16)30-15-20-6-5-18(12-23(20)26)25(28)29-2/h5-13,17H,3-4,14-15H2,1-2H3. The van der Waals surface area contributed by atoms with Gasteiger partial charge >= 0.3 is 5.97 Å². The number of rotatable bonds is 8. The molecule has 1 saturated carbocycles. The van der Waals surface area contributed by atoms with E-state index in [2.05, 4.69) is 9.72 Å². The molecule has 6 heteroatoms. The van der Waals surface area contributed by atoms with E-state index < -0.39 is 11.8 Å². The van der Waals surface area contributed by atoms with E-state index >= 15 is 0 Å². The lowest BCUT2D eigenvalue weighted by Gasteiger charge is -2.11. The number of hydrogen-bond acceptors (Lipinski definition) is 5. The van der Waals surface area contributed by atoms with Crippen LogP contribution in [0.2, 0.25) is 0 Å². The first-order valence-electron chi connectivity index (χ1n) is 10.2. The average molecular weight is 421 g/mol. The predicted molar refractivity (Wildman–Crippen MR) is 115 cm³/mol. The number of ether oxygens (including phenoxy) is 3. The number of halogens is 1. The molecule has 1 aliphatic carbocycles. The van der Waals surface area contributed by atoms with Gasteiger partial charge in [0, 0.05) is 23.4 Å². The number of methoxy groups -OCH3 is 1. The van der Waals surface area contributed by atoms with Crippen molar-refractivity contribution in [1.82, 2.24) is 4.98 Å². The molecule has 0 N–H and O–H groups in total. The van der Waals surface area contributed by atoms with Crippen LogP contribution in [0.1, 0.15) is 34.3 Å². The van der Waals surface area contributed by atoms with Gasteiger partial charge in [0.2, 0.25) is 5.88 Å². The van der Waals surface area contributed by atoms with Gasteiger partial charge in [0.15, 0.2) is 0 Å². The lowest BCUT2D eigenvalue weighted by molar-refractivity contribution is 0.0600. The van der Waals surface area contributed by atoms with Gasteiger partial charge in [-0.2, -0.15) is 0 Å². The minimum Gasteiger partial charge on any atom is -0.489 e. The Hall–Kier alpha value is -3.41. The molecule has 160 valence electrons. The van der Waals surface area contributed by atoms with Crippen molar-refractivity contribution in [1.29, 1.82) is 0 Å². The molecule has 0 spiro atoms. The topological polar surface area (TPSA) is 57.7 Å². The van der Waals surface area contributed by atoms with E-state index in [0.29, 0.717) is 23.1 Å². The van der Waals surface area contributed by atoms with E-state index in [1.54, 1.807) is 6.20 Å². The van der Waals surface area contributed by atoms with Crippen LogP contribution in [0, 0.1) is 18.7 Å². The molecule has 3 aromatic rings. The zero-order chi connectivity index (χ0) is 21.8. The third-order valence-electron chi connectivity index (χ3n) is 5.15. The summed E-state index contributed by atoms with van der Waals surface area (Å²) in [7, 11) is 1.26. The molecule has 0 aliphatic heterocycles. The Morgan fingerprint density at radius 3 is 2.58 bits per heavy atom. The summed E-state index contributed by atoms with van der Waals surface area (Å²) in [6, 6.07) is 13.9. The SMILES string of the molecule is COC(=O)c1ccc(COc2cc(C)cc(-c3ccc(OCC4CC4)nc3)c2)c(F)c1. The van der Waals surface area contributed by atoms with Crippen LogP contribution < -0.4 is 9.47 Å². The smallest absolute Gasteiger partial charge is 0.337 e. The maximum atomic E-state index is 14.3. The number of aromatic nitrogens is 1. The van der Waals surface area contributed by atoms with Crippen molar-refractivity contribution in [2.45, 2.75) is 26.4 Å². The normalized spacial score (nSPS) is 13.0. The lowest BCUT2D eigenvalue weighted by Crippen LogP contribution is -2.04. The van der Waals surface area contributed by atoms with Gasteiger partial charge in [-0.15, -0.1) is 0 Å². The molecule has 1 aromatic heterocycles.